The van der Waals surface area contributed by atoms with Crippen molar-refractivity contribution in [3.8, 4) is 5.88 Å². The fraction of sp³-hybridized carbons (Fsp3) is 0.688. The third-order valence-electron chi connectivity index (χ3n) is 5.26. The molecule has 4 atom stereocenters. The lowest BCUT2D eigenvalue weighted by molar-refractivity contribution is -0.0214. The van der Waals surface area contributed by atoms with Crippen LogP contribution in [-0.2, 0) is 11.8 Å². The Morgan fingerprint density at radius 1 is 1.40 bits per heavy atom. The molecule has 0 unspecified atom stereocenters. The van der Waals surface area contributed by atoms with Crippen molar-refractivity contribution in [3.63, 3.8) is 0 Å². The van der Waals surface area contributed by atoms with Crippen molar-refractivity contribution in [1.82, 2.24) is 4.98 Å². The predicted molar refractivity (Wildman–Crippen MR) is 75.8 cm³/mol. The molecule has 0 aliphatic heterocycles. The van der Waals surface area contributed by atoms with Crippen LogP contribution in [0.1, 0.15) is 37.4 Å². The minimum absolute atomic E-state index is 0.105. The van der Waals surface area contributed by atoms with E-state index in [9.17, 15) is 10.2 Å². The normalized spacial score (nSPS) is 35.5. The Morgan fingerprint density at radius 3 is 2.90 bits per heavy atom. The fourth-order valence-corrected chi connectivity index (χ4v) is 4.42. The van der Waals surface area contributed by atoms with Crippen LogP contribution in [0.4, 0.5) is 0 Å². The predicted octanol–water partition coefficient (Wildman–Crippen LogP) is 1.67. The average Bonchev–Trinajstić information content (AvgIpc) is 2.73. The molecule has 0 bridgehead atoms. The van der Waals surface area contributed by atoms with E-state index in [1.807, 2.05) is 12.1 Å². The lowest BCUT2D eigenvalue weighted by atomic mass is 9.60. The summed E-state index contributed by atoms with van der Waals surface area (Å²) in [4.78, 5) is 4.57. The van der Waals surface area contributed by atoms with Gasteiger partial charge < -0.3 is 14.9 Å². The molecule has 2 aliphatic rings. The number of pyridine rings is 1. The molecule has 0 saturated heterocycles. The van der Waals surface area contributed by atoms with Gasteiger partial charge in [-0.3, -0.25) is 0 Å². The lowest BCUT2D eigenvalue weighted by Crippen LogP contribution is -2.49. The number of aromatic nitrogens is 1. The van der Waals surface area contributed by atoms with Gasteiger partial charge in [0.15, 0.2) is 0 Å². The van der Waals surface area contributed by atoms with Gasteiger partial charge in [-0.15, -0.1) is 0 Å². The molecule has 4 nitrogen and oxygen atoms in total. The molecule has 4 heteroatoms. The molecular formula is C16H23NO3. The van der Waals surface area contributed by atoms with Gasteiger partial charge in [-0.1, -0.05) is 13.0 Å². The number of fused-ring (bicyclic) bond motifs is 3. The van der Waals surface area contributed by atoms with Gasteiger partial charge in [-0.2, -0.15) is 0 Å². The van der Waals surface area contributed by atoms with Crippen molar-refractivity contribution in [2.75, 3.05) is 13.7 Å². The van der Waals surface area contributed by atoms with Crippen molar-refractivity contribution >= 4 is 0 Å². The van der Waals surface area contributed by atoms with Crippen molar-refractivity contribution in [2.24, 2.45) is 11.8 Å². The highest BCUT2D eigenvalue weighted by atomic mass is 16.5. The number of aliphatic hydroxyl groups excluding tert-OH is 2. The summed E-state index contributed by atoms with van der Waals surface area (Å²) in [5.41, 5.74) is 1.85. The first-order valence-corrected chi connectivity index (χ1v) is 7.45. The van der Waals surface area contributed by atoms with Crippen molar-refractivity contribution in [1.29, 1.82) is 0 Å². The van der Waals surface area contributed by atoms with Crippen LogP contribution < -0.4 is 4.74 Å². The molecule has 0 spiro atoms. The molecule has 0 amide bonds. The first kappa shape index (κ1) is 13.8. The van der Waals surface area contributed by atoms with E-state index in [1.165, 1.54) is 0 Å². The molecule has 0 aromatic carbocycles. The quantitative estimate of drug-likeness (QED) is 0.882. The maximum Gasteiger partial charge on any atom is 0.213 e. The van der Waals surface area contributed by atoms with E-state index in [1.54, 1.807) is 7.11 Å². The molecule has 110 valence electrons. The zero-order chi connectivity index (χ0) is 14.3. The van der Waals surface area contributed by atoms with Crippen LogP contribution in [0.5, 0.6) is 5.88 Å². The second kappa shape index (κ2) is 5.01. The molecule has 1 saturated carbocycles. The molecule has 2 aliphatic carbocycles. The van der Waals surface area contributed by atoms with E-state index in [4.69, 9.17) is 4.74 Å². The Kier molecular flexibility index (Phi) is 3.46. The third-order valence-corrected chi connectivity index (χ3v) is 5.26. The number of aliphatic hydroxyl groups is 2. The van der Waals surface area contributed by atoms with E-state index >= 15 is 0 Å². The average molecular weight is 277 g/mol. The second-order valence-electron chi connectivity index (χ2n) is 6.36. The summed E-state index contributed by atoms with van der Waals surface area (Å²) in [6, 6.07) is 3.90. The lowest BCUT2D eigenvalue weighted by Gasteiger charge is -2.46. The highest BCUT2D eigenvalue weighted by Gasteiger charge is 2.54. The summed E-state index contributed by atoms with van der Waals surface area (Å²) in [6.07, 6.45) is 3.01. The molecule has 1 aromatic heterocycles. The van der Waals surface area contributed by atoms with E-state index in [-0.39, 0.29) is 18.1 Å². The van der Waals surface area contributed by atoms with Gasteiger partial charge in [0, 0.05) is 23.8 Å². The number of ether oxygens (including phenoxy) is 1. The Balaban J connectivity index is 2.08. The molecule has 20 heavy (non-hydrogen) atoms. The van der Waals surface area contributed by atoms with E-state index in [2.05, 4.69) is 11.9 Å². The van der Waals surface area contributed by atoms with Crippen LogP contribution in [0.3, 0.4) is 0 Å². The number of rotatable bonds is 3. The third kappa shape index (κ3) is 1.85. The van der Waals surface area contributed by atoms with Gasteiger partial charge >= 0.3 is 0 Å². The minimum Gasteiger partial charge on any atom is -0.481 e. The van der Waals surface area contributed by atoms with Gasteiger partial charge in [0.25, 0.3) is 0 Å². The molecule has 3 rings (SSSR count). The van der Waals surface area contributed by atoms with Crippen molar-refractivity contribution in [3.05, 3.63) is 23.4 Å². The van der Waals surface area contributed by atoms with Crippen molar-refractivity contribution < 1.29 is 14.9 Å². The summed E-state index contributed by atoms with van der Waals surface area (Å²) >= 11 is 0. The number of hydrogen-bond acceptors (Lipinski definition) is 4. The standard InChI is InChI=1S/C16H23NO3/c1-10-7-11-9-13-12(3-4-15(17-13)20-2)16(11,5-6-18)14(19)8-10/h3-4,10-11,14,18-19H,5-9H2,1-2H3/t10-,11+,14-,16+/m1/s1. The SMILES string of the molecule is COc1ccc2c(n1)C[C@@H]1C[C@@H](C)C[C@@H](O)[C@]21CCO. The topological polar surface area (TPSA) is 62.6 Å². The molecule has 1 heterocycles. The Hall–Kier alpha value is -1.13. The zero-order valence-electron chi connectivity index (χ0n) is 12.2. The number of nitrogens with zero attached hydrogens (tertiary/aromatic N) is 1. The minimum atomic E-state index is -0.389. The zero-order valence-corrected chi connectivity index (χ0v) is 12.2. The van der Waals surface area contributed by atoms with Gasteiger partial charge in [0.1, 0.15) is 0 Å². The van der Waals surface area contributed by atoms with Crippen LogP contribution in [-0.4, -0.2) is 35.0 Å². The van der Waals surface area contributed by atoms with Crippen LogP contribution >= 0.6 is 0 Å². The molecule has 2 N–H and O–H groups in total. The molecule has 1 fully saturated rings. The van der Waals surface area contributed by atoms with Crippen LogP contribution in [0.15, 0.2) is 12.1 Å². The van der Waals surface area contributed by atoms with E-state index in [0.29, 0.717) is 24.1 Å². The monoisotopic (exact) mass is 277 g/mol. The second-order valence-corrected chi connectivity index (χ2v) is 6.36. The molecule has 0 radical (unpaired) electrons. The van der Waals surface area contributed by atoms with Crippen LogP contribution in [0.25, 0.3) is 0 Å². The highest BCUT2D eigenvalue weighted by molar-refractivity contribution is 5.41. The Bertz CT molecular complexity index is 504. The largest absolute Gasteiger partial charge is 0.481 e. The van der Waals surface area contributed by atoms with Gasteiger partial charge in [-0.05, 0) is 43.1 Å². The number of hydrogen-bond donors (Lipinski definition) is 2. The van der Waals surface area contributed by atoms with Crippen LogP contribution in [0.2, 0.25) is 0 Å². The highest BCUT2D eigenvalue weighted by Crippen LogP contribution is 2.54. The molecule has 1 aromatic rings. The van der Waals surface area contributed by atoms with E-state index in [0.717, 1.165) is 30.5 Å². The first-order valence-electron chi connectivity index (χ1n) is 7.45. The Morgan fingerprint density at radius 2 is 2.20 bits per heavy atom. The van der Waals surface area contributed by atoms with Crippen molar-refractivity contribution in [2.45, 2.75) is 44.1 Å². The number of methoxy groups -OCH3 is 1. The maximum absolute atomic E-state index is 10.7. The van der Waals surface area contributed by atoms with Crippen LogP contribution in [0, 0.1) is 11.8 Å². The summed E-state index contributed by atoms with van der Waals surface area (Å²) in [5.74, 6) is 1.53. The van der Waals surface area contributed by atoms with Gasteiger partial charge in [0.05, 0.1) is 13.2 Å². The van der Waals surface area contributed by atoms with E-state index < -0.39 is 0 Å². The summed E-state index contributed by atoms with van der Waals surface area (Å²) in [5, 5.41) is 20.2. The van der Waals surface area contributed by atoms with Gasteiger partial charge in [-0.25, -0.2) is 4.98 Å². The van der Waals surface area contributed by atoms with Gasteiger partial charge in [0.2, 0.25) is 5.88 Å². The molecular weight excluding hydrogens is 254 g/mol. The fourth-order valence-electron chi connectivity index (χ4n) is 4.42. The summed E-state index contributed by atoms with van der Waals surface area (Å²) in [7, 11) is 1.62. The first-order chi connectivity index (χ1) is 9.61. The smallest absolute Gasteiger partial charge is 0.213 e. The Labute approximate surface area is 119 Å². The maximum atomic E-state index is 10.7. The summed E-state index contributed by atoms with van der Waals surface area (Å²) < 4.78 is 5.21. The summed E-state index contributed by atoms with van der Waals surface area (Å²) in [6.45, 7) is 2.30.